The van der Waals surface area contributed by atoms with Gasteiger partial charge in [0.1, 0.15) is 11.3 Å². The number of ketones is 1. The second-order valence-electron chi connectivity index (χ2n) is 2.99. The Morgan fingerprint density at radius 3 is 3.23 bits per heavy atom. The molecule has 66 valence electrons. The summed E-state index contributed by atoms with van der Waals surface area (Å²) in [6, 6.07) is 3.65. The van der Waals surface area contributed by atoms with Crippen LogP contribution in [0.4, 0.5) is 0 Å². The number of rotatable bonds is 2. The lowest BCUT2D eigenvalue weighted by Gasteiger charge is -1.90. The third-order valence-electron chi connectivity index (χ3n) is 1.84. The van der Waals surface area contributed by atoms with E-state index in [9.17, 15) is 4.79 Å². The van der Waals surface area contributed by atoms with Crippen molar-refractivity contribution in [2.24, 2.45) is 0 Å². The Balaban J connectivity index is 2.51. The Kier molecular flexibility index (Phi) is 1.85. The van der Waals surface area contributed by atoms with Crippen LogP contribution in [-0.4, -0.2) is 10.8 Å². The molecule has 0 amide bonds. The van der Waals surface area contributed by atoms with Crippen molar-refractivity contribution in [3.8, 4) is 0 Å². The number of hydrogen-bond acceptors (Lipinski definition) is 3. The van der Waals surface area contributed by atoms with E-state index in [1.54, 1.807) is 19.4 Å². The van der Waals surface area contributed by atoms with Crippen LogP contribution in [-0.2, 0) is 11.2 Å². The maximum atomic E-state index is 10.9. The molecule has 0 bridgehead atoms. The van der Waals surface area contributed by atoms with Crippen molar-refractivity contribution in [1.29, 1.82) is 0 Å². The van der Waals surface area contributed by atoms with Gasteiger partial charge in [0.25, 0.3) is 0 Å². The molecule has 0 aromatic carbocycles. The molecule has 2 heterocycles. The standard InChI is InChI=1S/C10H9NO2/c1-7(12)5-8-6-13-9-3-2-4-11-10(8)9/h2-4,6H,5H2,1H3. The number of aromatic nitrogens is 1. The first-order chi connectivity index (χ1) is 6.27. The summed E-state index contributed by atoms with van der Waals surface area (Å²) >= 11 is 0. The van der Waals surface area contributed by atoms with Crippen molar-refractivity contribution in [1.82, 2.24) is 4.98 Å². The highest BCUT2D eigenvalue weighted by atomic mass is 16.3. The second kappa shape index (κ2) is 3.01. The van der Waals surface area contributed by atoms with Gasteiger partial charge in [0.15, 0.2) is 5.58 Å². The van der Waals surface area contributed by atoms with Gasteiger partial charge < -0.3 is 4.42 Å². The SMILES string of the molecule is CC(=O)Cc1coc2cccnc12. The third-order valence-corrected chi connectivity index (χ3v) is 1.84. The summed E-state index contributed by atoms with van der Waals surface area (Å²) in [6.45, 7) is 1.56. The quantitative estimate of drug-likeness (QED) is 0.700. The van der Waals surface area contributed by atoms with Crippen molar-refractivity contribution in [2.75, 3.05) is 0 Å². The van der Waals surface area contributed by atoms with Gasteiger partial charge in [0.05, 0.1) is 6.26 Å². The molecule has 0 N–H and O–H groups in total. The number of furan rings is 1. The molecule has 0 aliphatic rings. The zero-order valence-corrected chi connectivity index (χ0v) is 7.28. The lowest BCUT2D eigenvalue weighted by molar-refractivity contribution is -0.116. The van der Waals surface area contributed by atoms with Gasteiger partial charge in [-0.2, -0.15) is 0 Å². The molecular formula is C10H9NO2. The number of fused-ring (bicyclic) bond motifs is 1. The topological polar surface area (TPSA) is 43.1 Å². The number of carbonyl (C=O) groups excluding carboxylic acids is 1. The predicted octanol–water partition coefficient (Wildman–Crippen LogP) is 1.96. The second-order valence-corrected chi connectivity index (χ2v) is 2.99. The van der Waals surface area contributed by atoms with Crippen LogP contribution in [0, 0.1) is 0 Å². The Labute approximate surface area is 75.4 Å². The minimum atomic E-state index is 0.119. The summed E-state index contributed by atoms with van der Waals surface area (Å²) in [5, 5.41) is 0. The zero-order valence-electron chi connectivity index (χ0n) is 7.28. The van der Waals surface area contributed by atoms with Gasteiger partial charge >= 0.3 is 0 Å². The molecule has 0 unspecified atom stereocenters. The Morgan fingerprint density at radius 2 is 2.46 bits per heavy atom. The fraction of sp³-hybridized carbons (Fsp3) is 0.200. The lowest BCUT2D eigenvalue weighted by atomic mass is 10.1. The molecule has 0 spiro atoms. The molecule has 0 saturated heterocycles. The van der Waals surface area contributed by atoms with E-state index >= 15 is 0 Å². The number of pyridine rings is 1. The maximum absolute atomic E-state index is 10.9. The lowest BCUT2D eigenvalue weighted by Crippen LogP contribution is -1.95. The molecule has 0 atom stereocenters. The zero-order chi connectivity index (χ0) is 9.26. The summed E-state index contributed by atoms with van der Waals surface area (Å²) < 4.78 is 5.24. The minimum Gasteiger partial charge on any atom is -0.462 e. The van der Waals surface area contributed by atoms with Crippen molar-refractivity contribution in [3.05, 3.63) is 30.2 Å². The fourth-order valence-electron chi connectivity index (χ4n) is 1.31. The van der Waals surface area contributed by atoms with E-state index in [-0.39, 0.29) is 5.78 Å². The average molecular weight is 175 g/mol. The first-order valence-electron chi connectivity index (χ1n) is 4.08. The van der Waals surface area contributed by atoms with Crippen LogP contribution in [0.2, 0.25) is 0 Å². The van der Waals surface area contributed by atoms with Crippen LogP contribution in [0.15, 0.2) is 29.0 Å². The number of hydrogen-bond donors (Lipinski definition) is 0. The highest BCUT2D eigenvalue weighted by molar-refractivity contribution is 5.84. The van der Waals surface area contributed by atoms with Crippen LogP contribution in [0.25, 0.3) is 11.1 Å². The minimum absolute atomic E-state index is 0.119. The van der Waals surface area contributed by atoms with E-state index in [0.29, 0.717) is 6.42 Å². The molecular weight excluding hydrogens is 166 g/mol. The van der Waals surface area contributed by atoms with Gasteiger partial charge in [0, 0.05) is 18.2 Å². The largest absolute Gasteiger partial charge is 0.462 e. The Morgan fingerprint density at radius 1 is 1.62 bits per heavy atom. The molecule has 2 aromatic heterocycles. The first kappa shape index (κ1) is 7.98. The molecule has 3 nitrogen and oxygen atoms in total. The molecule has 13 heavy (non-hydrogen) atoms. The third kappa shape index (κ3) is 1.45. The summed E-state index contributed by atoms with van der Waals surface area (Å²) in [7, 11) is 0. The highest BCUT2D eigenvalue weighted by Crippen LogP contribution is 2.18. The van der Waals surface area contributed by atoms with Gasteiger partial charge in [-0.15, -0.1) is 0 Å². The molecule has 0 radical (unpaired) electrons. The molecule has 0 aliphatic carbocycles. The molecule has 2 aromatic rings. The monoisotopic (exact) mass is 175 g/mol. The van der Waals surface area contributed by atoms with Crippen molar-refractivity contribution >= 4 is 16.9 Å². The molecule has 2 rings (SSSR count). The summed E-state index contributed by atoms with van der Waals surface area (Å²) in [5.74, 6) is 0.119. The van der Waals surface area contributed by atoms with Gasteiger partial charge in [-0.1, -0.05) is 0 Å². The Hall–Kier alpha value is -1.64. The van der Waals surface area contributed by atoms with Crippen LogP contribution < -0.4 is 0 Å². The van der Waals surface area contributed by atoms with Gasteiger partial charge in [-0.3, -0.25) is 9.78 Å². The summed E-state index contributed by atoms with van der Waals surface area (Å²) in [6.07, 6.45) is 3.69. The fourth-order valence-corrected chi connectivity index (χ4v) is 1.31. The van der Waals surface area contributed by atoms with E-state index in [4.69, 9.17) is 4.42 Å². The predicted molar refractivity (Wildman–Crippen MR) is 48.4 cm³/mol. The average Bonchev–Trinajstić information content (AvgIpc) is 2.48. The van der Waals surface area contributed by atoms with Crippen molar-refractivity contribution in [3.63, 3.8) is 0 Å². The maximum Gasteiger partial charge on any atom is 0.152 e. The van der Waals surface area contributed by atoms with Crippen LogP contribution >= 0.6 is 0 Å². The van der Waals surface area contributed by atoms with Crippen molar-refractivity contribution in [2.45, 2.75) is 13.3 Å². The molecule has 0 fully saturated rings. The highest BCUT2D eigenvalue weighted by Gasteiger charge is 2.07. The first-order valence-corrected chi connectivity index (χ1v) is 4.08. The van der Waals surface area contributed by atoms with Gasteiger partial charge in [-0.25, -0.2) is 0 Å². The number of Topliss-reactive ketones (excluding diaryl/α,β-unsaturated/α-hetero) is 1. The summed E-state index contributed by atoms with van der Waals surface area (Å²) in [4.78, 5) is 15.0. The molecule has 3 heteroatoms. The van der Waals surface area contributed by atoms with E-state index < -0.39 is 0 Å². The van der Waals surface area contributed by atoms with E-state index in [1.165, 1.54) is 0 Å². The summed E-state index contributed by atoms with van der Waals surface area (Å²) in [5.41, 5.74) is 2.39. The Bertz CT molecular complexity index is 445. The van der Waals surface area contributed by atoms with Gasteiger partial charge in [0.2, 0.25) is 0 Å². The van der Waals surface area contributed by atoms with E-state index in [1.807, 2.05) is 12.1 Å². The molecule has 0 saturated carbocycles. The smallest absolute Gasteiger partial charge is 0.152 e. The number of carbonyl (C=O) groups is 1. The molecule has 0 aliphatic heterocycles. The van der Waals surface area contributed by atoms with Crippen LogP contribution in [0.3, 0.4) is 0 Å². The number of nitrogens with zero attached hydrogens (tertiary/aromatic N) is 1. The normalized spacial score (nSPS) is 10.5. The van der Waals surface area contributed by atoms with Crippen LogP contribution in [0.1, 0.15) is 12.5 Å². The van der Waals surface area contributed by atoms with Gasteiger partial charge in [-0.05, 0) is 19.1 Å². The van der Waals surface area contributed by atoms with E-state index in [2.05, 4.69) is 4.98 Å². The van der Waals surface area contributed by atoms with Crippen LogP contribution in [0.5, 0.6) is 0 Å². The van der Waals surface area contributed by atoms with E-state index in [0.717, 1.165) is 16.7 Å². The van der Waals surface area contributed by atoms with Crippen molar-refractivity contribution < 1.29 is 9.21 Å².